The molecule has 2 aliphatic heterocycles. The first-order valence-electron chi connectivity index (χ1n) is 8.87. The molecule has 0 aromatic heterocycles. The summed E-state index contributed by atoms with van der Waals surface area (Å²) in [7, 11) is -1.50. The molecule has 0 saturated carbocycles. The van der Waals surface area contributed by atoms with Crippen molar-refractivity contribution in [1.29, 1.82) is 0 Å². The topological polar surface area (TPSA) is 82.2 Å². The van der Waals surface area contributed by atoms with Gasteiger partial charge in [0, 0.05) is 50.8 Å². The van der Waals surface area contributed by atoms with Crippen LogP contribution in [0.2, 0.25) is 0 Å². The third kappa shape index (κ3) is 4.51. The second-order valence-corrected chi connectivity index (χ2v) is 9.72. The predicted octanol–water partition coefficient (Wildman–Crippen LogP) is 0.486. The summed E-state index contributed by atoms with van der Waals surface area (Å²) < 4.78 is 27.7. The van der Waals surface area contributed by atoms with Crippen molar-refractivity contribution in [1.82, 2.24) is 14.1 Å². The summed E-state index contributed by atoms with van der Waals surface area (Å²) in [5, 5.41) is 0. The van der Waals surface area contributed by atoms with E-state index in [0.717, 1.165) is 37.7 Å². The number of aliphatic imine (C=N–C) groups is 1. The minimum Gasteiger partial charge on any atom is -0.370 e. The van der Waals surface area contributed by atoms with Gasteiger partial charge in [-0.2, -0.15) is 16.1 Å². The molecule has 0 unspecified atom stereocenters. The Morgan fingerprint density at radius 2 is 1.77 bits per heavy atom. The lowest BCUT2D eigenvalue weighted by molar-refractivity contribution is 0.222. The molecule has 0 radical (unpaired) electrons. The van der Waals surface area contributed by atoms with Crippen molar-refractivity contribution < 1.29 is 8.42 Å². The van der Waals surface area contributed by atoms with E-state index in [2.05, 4.69) is 14.8 Å². The number of sulfonamides is 1. The highest BCUT2D eigenvalue weighted by molar-refractivity contribution is 7.99. The van der Waals surface area contributed by atoms with Crippen LogP contribution in [0.15, 0.2) is 34.2 Å². The fourth-order valence-electron chi connectivity index (χ4n) is 3.11. The molecule has 2 N–H and O–H groups in total. The van der Waals surface area contributed by atoms with Crippen LogP contribution in [-0.4, -0.2) is 86.3 Å². The van der Waals surface area contributed by atoms with Crippen molar-refractivity contribution in [2.75, 3.05) is 57.8 Å². The molecule has 26 heavy (non-hydrogen) atoms. The summed E-state index contributed by atoms with van der Waals surface area (Å²) in [4.78, 5) is 9.01. The van der Waals surface area contributed by atoms with Gasteiger partial charge in [-0.1, -0.05) is 18.2 Å². The quantitative estimate of drug-likeness (QED) is 0.588. The number of piperazine rings is 1. The number of hydrogen-bond acceptors (Lipinski definition) is 5. The molecule has 0 spiro atoms. The Morgan fingerprint density at radius 1 is 1.12 bits per heavy atom. The van der Waals surface area contributed by atoms with E-state index in [9.17, 15) is 8.42 Å². The molecule has 1 aromatic rings. The van der Waals surface area contributed by atoms with E-state index in [-0.39, 0.29) is 6.54 Å². The van der Waals surface area contributed by atoms with Crippen molar-refractivity contribution >= 4 is 27.7 Å². The molecule has 2 heterocycles. The van der Waals surface area contributed by atoms with Crippen LogP contribution in [0.25, 0.3) is 0 Å². The second kappa shape index (κ2) is 8.60. The van der Waals surface area contributed by atoms with E-state index in [1.807, 2.05) is 30.9 Å². The van der Waals surface area contributed by atoms with Gasteiger partial charge in [-0.15, -0.1) is 0 Å². The molecule has 9 heteroatoms. The summed E-state index contributed by atoms with van der Waals surface area (Å²) in [5.41, 5.74) is 6.81. The van der Waals surface area contributed by atoms with E-state index in [1.165, 1.54) is 0 Å². The summed E-state index contributed by atoms with van der Waals surface area (Å²) in [6, 6.07) is 7.11. The predicted molar refractivity (Wildman–Crippen MR) is 107 cm³/mol. The van der Waals surface area contributed by atoms with E-state index >= 15 is 0 Å². The molecule has 2 fully saturated rings. The lowest BCUT2D eigenvalue weighted by atomic mass is 10.2. The van der Waals surface area contributed by atoms with Gasteiger partial charge < -0.3 is 15.5 Å². The molecule has 2 aliphatic rings. The first kappa shape index (κ1) is 19.5. The zero-order valence-electron chi connectivity index (χ0n) is 15.2. The van der Waals surface area contributed by atoms with Gasteiger partial charge in [0.05, 0.1) is 11.4 Å². The van der Waals surface area contributed by atoms with Gasteiger partial charge in [-0.25, -0.2) is 13.4 Å². The summed E-state index contributed by atoms with van der Waals surface area (Å²) in [6.07, 6.45) is 0. The number of thioether (sulfide) groups is 1. The molecule has 1 aromatic carbocycles. The largest absolute Gasteiger partial charge is 0.370 e. The Hall–Kier alpha value is -1.29. The van der Waals surface area contributed by atoms with Crippen LogP contribution in [0.1, 0.15) is 5.56 Å². The van der Waals surface area contributed by atoms with Crippen LogP contribution >= 0.6 is 11.8 Å². The first-order valence-corrected chi connectivity index (χ1v) is 11.5. The van der Waals surface area contributed by atoms with Crippen molar-refractivity contribution in [3.8, 4) is 0 Å². The fraction of sp³-hybridized carbons (Fsp3) is 0.588. The monoisotopic (exact) mass is 397 g/mol. The van der Waals surface area contributed by atoms with Crippen LogP contribution in [-0.2, 0) is 16.6 Å². The molecule has 3 rings (SSSR count). The van der Waals surface area contributed by atoms with Gasteiger partial charge in [-0.3, -0.25) is 0 Å². The van der Waals surface area contributed by atoms with Crippen LogP contribution in [0.4, 0.5) is 0 Å². The molecule has 7 nitrogen and oxygen atoms in total. The van der Waals surface area contributed by atoms with E-state index in [1.54, 1.807) is 16.4 Å². The Labute approximate surface area is 160 Å². The lowest BCUT2D eigenvalue weighted by Crippen LogP contribution is -2.47. The second-order valence-electron chi connectivity index (χ2n) is 6.59. The molecule has 0 aliphatic carbocycles. The number of nitrogens with two attached hydrogens (primary N) is 1. The zero-order valence-corrected chi connectivity index (χ0v) is 16.8. The number of guanidine groups is 1. The summed E-state index contributed by atoms with van der Waals surface area (Å²) in [6.45, 7) is 4.59. The minimum absolute atomic E-state index is 0.276. The highest BCUT2D eigenvalue weighted by atomic mass is 32.2. The number of benzene rings is 1. The third-order valence-electron chi connectivity index (χ3n) is 4.80. The number of likely N-dealkylation sites (N-methyl/N-ethyl adjacent to an activating group) is 1. The van der Waals surface area contributed by atoms with Gasteiger partial charge in [-0.05, 0) is 18.7 Å². The average Bonchev–Trinajstić information content (AvgIpc) is 2.67. The van der Waals surface area contributed by atoms with Crippen molar-refractivity contribution in [3.05, 3.63) is 29.8 Å². The third-order valence-corrected chi connectivity index (χ3v) is 7.74. The van der Waals surface area contributed by atoms with Gasteiger partial charge in [0.15, 0.2) is 5.96 Å². The van der Waals surface area contributed by atoms with Crippen molar-refractivity contribution in [3.63, 3.8) is 0 Å². The first-order chi connectivity index (χ1) is 12.5. The maximum Gasteiger partial charge on any atom is 0.243 e. The standard InChI is InChI=1S/C17H27N5O2S2/c1-20-6-8-22(9-7-20)26(23,24)16-5-3-2-4-15(16)14-19-17(18)21-10-12-25-13-11-21/h2-5H,6-14H2,1H3,(H2,18,19). The molecular formula is C17H27N5O2S2. The Kier molecular flexibility index (Phi) is 6.44. The smallest absolute Gasteiger partial charge is 0.243 e. The number of rotatable bonds is 4. The molecule has 2 saturated heterocycles. The van der Waals surface area contributed by atoms with E-state index in [4.69, 9.17) is 5.73 Å². The van der Waals surface area contributed by atoms with Crippen LogP contribution < -0.4 is 5.73 Å². The van der Waals surface area contributed by atoms with Gasteiger partial charge in [0.1, 0.15) is 0 Å². The molecule has 0 amide bonds. The van der Waals surface area contributed by atoms with Crippen LogP contribution in [0.5, 0.6) is 0 Å². The molecular weight excluding hydrogens is 370 g/mol. The fourth-order valence-corrected chi connectivity index (χ4v) is 5.65. The highest BCUT2D eigenvalue weighted by Gasteiger charge is 2.29. The lowest BCUT2D eigenvalue weighted by Gasteiger charge is -2.32. The number of hydrogen-bond donors (Lipinski definition) is 1. The van der Waals surface area contributed by atoms with Crippen LogP contribution in [0.3, 0.4) is 0 Å². The Balaban J connectivity index is 1.77. The maximum absolute atomic E-state index is 13.1. The highest BCUT2D eigenvalue weighted by Crippen LogP contribution is 2.22. The van der Waals surface area contributed by atoms with Gasteiger partial charge in [0.2, 0.25) is 10.0 Å². The average molecular weight is 398 g/mol. The van der Waals surface area contributed by atoms with E-state index < -0.39 is 10.0 Å². The van der Waals surface area contributed by atoms with E-state index in [0.29, 0.717) is 29.5 Å². The Morgan fingerprint density at radius 3 is 2.46 bits per heavy atom. The van der Waals surface area contributed by atoms with Gasteiger partial charge in [0.25, 0.3) is 0 Å². The van der Waals surface area contributed by atoms with Crippen molar-refractivity contribution in [2.45, 2.75) is 11.4 Å². The minimum atomic E-state index is -3.51. The van der Waals surface area contributed by atoms with Crippen LogP contribution in [0, 0.1) is 0 Å². The molecule has 0 atom stereocenters. The summed E-state index contributed by atoms with van der Waals surface area (Å²) >= 11 is 1.91. The molecule has 144 valence electrons. The Bertz CT molecular complexity index is 739. The SMILES string of the molecule is CN1CCN(S(=O)(=O)c2ccccc2CN=C(N)N2CCSCC2)CC1. The van der Waals surface area contributed by atoms with Crippen molar-refractivity contribution in [2.24, 2.45) is 10.7 Å². The zero-order chi connectivity index (χ0) is 18.6. The molecule has 0 bridgehead atoms. The van der Waals surface area contributed by atoms with Gasteiger partial charge >= 0.3 is 0 Å². The summed E-state index contributed by atoms with van der Waals surface area (Å²) in [5.74, 6) is 2.59. The number of nitrogens with zero attached hydrogens (tertiary/aromatic N) is 4. The maximum atomic E-state index is 13.1. The normalized spacial score (nSPS) is 21.1.